The Hall–Kier alpha value is -3.00. The second kappa shape index (κ2) is 9.21. The second-order valence-electron chi connectivity index (χ2n) is 7.06. The Labute approximate surface area is 180 Å². The van der Waals surface area contributed by atoms with Crippen LogP contribution in [-0.4, -0.2) is 46.2 Å². The molecule has 2 aromatic heterocycles. The first-order valence-electron chi connectivity index (χ1n) is 9.45. The monoisotopic (exact) mass is 427 g/mol. The molecule has 8 heteroatoms. The number of benzene rings is 1. The van der Waals surface area contributed by atoms with Gasteiger partial charge in [-0.05, 0) is 50.1 Å². The number of thioether (sulfide) groups is 1. The van der Waals surface area contributed by atoms with Gasteiger partial charge in [0.15, 0.2) is 5.16 Å². The van der Waals surface area contributed by atoms with Gasteiger partial charge in [0, 0.05) is 25.1 Å². The fourth-order valence-electron chi connectivity index (χ4n) is 2.96. The minimum absolute atomic E-state index is 0.0664. The van der Waals surface area contributed by atoms with Crippen molar-refractivity contribution in [1.29, 1.82) is 0 Å². The van der Waals surface area contributed by atoms with Gasteiger partial charge in [0.25, 0.3) is 0 Å². The van der Waals surface area contributed by atoms with Crippen LogP contribution in [0.1, 0.15) is 33.0 Å². The molecule has 2 heterocycles. The first kappa shape index (κ1) is 21.7. The van der Waals surface area contributed by atoms with Crippen molar-refractivity contribution in [2.24, 2.45) is 0 Å². The van der Waals surface area contributed by atoms with Crippen molar-refractivity contribution < 1.29 is 18.7 Å². The molecule has 0 saturated carbocycles. The summed E-state index contributed by atoms with van der Waals surface area (Å²) in [4.78, 5) is 30.3. The molecule has 0 atom stereocenters. The molecule has 158 valence electrons. The Morgan fingerprint density at radius 3 is 2.67 bits per heavy atom. The number of furan rings is 1. The molecule has 0 saturated heterocycles. The molecule has 30 heavy (non-hydrogen) atoms. The average Bonchev–Trinajstić information content (AvgIpc) is 3.33. The van der Waals surface area contributed by atoms with Crippen LogP contribution >= 0.6 is 11.8 Å². The molecule has 3 aromatic rings. The predicted molar refractivity (Wildman–Crippen MR) is 115 cm³/mol. The van der Waals surface area contributed by atoms with E-state index in [9.17, 15) is 9.59 Å². The number of aryl methyl sites for hydroxylation is 3. The van der Waals surface area contributed by atoms with Crippen molar-refractivity contribution >= 4 is 23.6 Å². The molecule has 0 aliphatic rings. The maximum absolute atomic E-state index is 12.6. The van der Waals surface area contributed by atoms with Gasteiger partial charge in [-0.2, -0.15) is 0 Å². The molecule has 0 N–H and O–H groups in total. The molecule has 0 unspecified atom stereocenters. The van der Waals surface area contributed by atoms with E-state index in [2.05, 4.69) is 31.0 Å². The number of carbonyl (C=O) groups is 2. The fourth-order valence-corrected chi connectivity index (χ4v) is 3.87. The number of esters is 1. The van der Waals surface area contributed by atoms with Crippen molar-refractivity contribution in [2.45, 2.75) is 32.5 Å². The Morgan fingerprint density at radius 2 is 1.97 bits per heavy atom. The average molecular weight is 428 g/mol. The molecule has 0 aliphatic heterocycles. The van der Waals surface area contributed by atoms with E-state index in [1.54, 1.807) is 31.1 Å². The highest BCUT2D eigenvalue weighted by molar-refractivity contribution is 7.99. The van der Waals surface area contributed by atoms with E-state index in [-0.39, 0.29) is 18.2 Å². The highest BCUT2D eigenvalue weighted by atomic mass is 32.2. The number of hydrogen-bond acceptors (Lipinski definition) is 6. The molecule has 1 amide bonds. The maximum Gasteiger partial charge on any atom is 0.341 e. The molecule has 7 nitrogen and oxygen atoms in total. The number of aromatic nitrogens is 2. The van der Waals surface area contributed by atoms with Gasteiger partial charge in [0.2, 0.25) is 5.91 Å². The topological polar surface area (TPSA) is 77.6 Å². The van der Waals surface area contributed by atoms with E-state index in [1.807, 2.05) is 16.8 Å². The first-order valence-corrected chi connectivity index (χ1v) is 10.4. The van der Waals surface area contributed by atoms with Crippen LogP contribution in [0.5, 0.6) is 0 Å². The molecule has 0 bridgehead atoms. The third-order valence-corrected chi connectivity index (χ3v) is 5.84. The summed E-state index contributed by atoms with van der Waals surface area (Å²) in [5.74, 6) is 0.725. The number of imidazole rings is 1. The van der Waals surface area contributed by atoms with Gasteiger partial charge in [0.05, 0.1) is 19.4 Å². The third-order valence-electron chi connectivity index (χ3n) is 4.89. The molecule has 0 spiro atoms. The fraction of sp³-hybridized carbons (Fsp3) is 0.318. The van der Waals surface area contributed by atoms with E-state index < -0.39 is 5.97 Å². The summed E-state index contributed by atoms with van der Waals surface area (Å²) in [5.41, 5.74) is 3.82. The Bertz CT molecular complexity index is 1070. The zero-order chi connectivity index (χ0) is 21.8. The number of rotatable bonds is 7. The van der Waals surface area contributed by atoms with Gasteiger partial charge < -0.3 is 14.1 Å². The SMILES string of the molecule is COC(=O)c1cc(CN(C)C(=O)CSc2nccn2-c2ccc(C)c(C)c2)oc1C. The largest absolute Gasteiger partial charge is 0.465 e. The van der Waals surface area contributed by atoms with Crippen molar-refractivity contribution in [2.75, 3.05) is 19.9 Å². The van der Waals surface area contributed by atoms with E-state index in [0.29, 0.717) is 17.1 Å². The van der Waals surface area contributed by atoms with Crippen LogP contribution in [0.4, 0.5) is 0 Å². The van der Waals surface area contributed by atoms with Crippen molar-refractivity contribution in [3.05, 3.63) is 64.9 Å². The molecule has 0 aliphatic carbocycles. The summed E-state index contributed by atoms with van der Waals surface area (Å²) in [6, 6.07) is 7.84. The zero-order valence-electron chi connectivity index (χ0n) is 17.8. The first-order chi connectivity index (χ1) is 14.3. The van der Waals surface area contributed by atoms with Crippen molar-refractivity contribution in [1.82, 2.24) is 14.5 Å². The van der Waals surface area contributed by atoms with Crippen LogP contribution in [0.15, 0.2) is 46.2 Å². The lowest BCUT2D eigenvalue weighted by atomic mass is 10.1. The predicted octanol–water partition coefficient (Wildman–Crippen LogP) is 3.93. The Kier molecular flexibility index (Phi) is 6.66. The van der Waals surface area contributed by atoms with Crippen molar-refractivity contribution in [3.63, 3.8) is 0 Å². The number of amides is 1. The summed E-state index contributed by atoms with van der Waals surface area (Å²) < 4.78 is 12.3. The molecular formula is C22H25N3O4S. The summed E-state index contributed by atoms with van der Waals surface area (Å²) in [5, 5.41) is 0.752. The van der Waals surface area contributed by atoms with E-state index >= 15 is 0 Å². The van der Waals surface area contributed by atoms with E-state index in [0.717, 1.165) is 10.8 Å². The normalized spacial score (nSPS) is 10.8. The highest BCUT2D eigenvalue weighted by Gasteiger charge is 2.18. The van der Waals surface area contributed by atoms with Crippen LogP contribution in [0.3, 0.4) is 0 Å². The Balaban J connectivity index is 1.63. The molecule has 0 fully saturated rings. The number of nitrogens with zero attached hydrogens (tertiary/aromatic N) is 3. The maximum atomic E-state index is 12.6. The minimum Gasteiger partial charge on any atom is -0.465 e. The van der Waals surface area contributed by atoms with E-state index in [4.69, 9.17) is 9.15 Å². The van der Waals surface area contributed by atoms with Gasteiger partial charge in [-0.15, -0.1) is 0 Å². The van der Waals surface area contributed by atoms with Crippen LogP contribution in [0, 0.1) is 20.8 Å². The van der Waals surface area contributed by atoms with Gasteiger partial charge >= 0.3 is 5.97 Å². The van der Waals surface area contributed by atoms with Crippen LogP contribution in [0.25, 0.3) is 5.69 Å². The summed E-state index contributed by atoms with van der Waals surface area (Å²) >= 11 is 1.38. The van der Waals surface area contributed by atoms with Crippen LogP contribution in [-0.2, 0) is 16.1 Å². The number of hydrogen-bond donors (Lipinski definition) is 0. The quantitative estimate of drug-likeness (QED) is 0.420. The van der Waals surface area contributed by atoms with Crippen LogP contribution in [0.2, 0.25) is 0 Å². The van der Waals surface area contributed by atoms with Gasteiger partial charge in [0.1, 0.15) is 17.1 Å². The van der Waals surface area contributed by atoms with Crippen LogP contribution < -0.4 is 0 Å². The standard InChI is InChI=1S/C22H25N3O4S/c1-14-6-7-17(10-15(14)2)25-9-8-23-22(25)30-13-20(26)24(4)12-18-11-19(16(3)29-18)21(27)28-5/h6-11H,12-13H2,1-5H3. The van der Waals surface area contributed by atoms with Gasteiger partial charge in [-0.1, -0.05) is 17.8 Å². The third kappa shape index (κ3) is 4.76. The number of ether oxygens (including phenoxy) is 1. The minimum atomic E-state index is -0.454. The van der Waals surface area contributed by atoms with Gasteiger partial charge in [-0.3, -0.25) is 9.36 Å². The molecule has 0 radical (unpaired) electrons. The molecule has 1 aromatic carbocycles. The highest BCUT2D eigenvalue weighted by Crippen LogP contribution is 2.23. The zero-order valence-corrected chi connectivity index (χ0v) is 18.6. The molecular weight excluding hydrogens is 402 g/mol. The lowest BCUT2D eigenvalue weighted by Crippen LogP contribution is -2.27. The summed E-state index contributed by atoms with van der Waals surface area (Å²) in [6.45, 7) is 6.11. The lowest BCUT2D eigenvalue weighted by molar-refractivity contribution is -0.127. The molecule has 3 rings (SSSR count). The second-order valence-corrected chi connectivity index (χ2v) is 8.00. The van der Waals surface area contributed by atoms with Crippen molar-refractivity contribution in [3.8, 4) is 5.69 Å². The summed E-state index contributed by atoms with van der Waals surface area (Å²) in [7, 11) is 3.03. The summed E-state index contributed by atoms with van der Waals surface area (Å²) in [6.07, 6.45) is 3.62. The van der Waals surface area contributed by atoms with E-state index in [1.165, 1.54) is 30.0 Å². The smallest absolute Gasteiger partial charge is 0.341 e. The number of carbonyl (C=O) groups excluding carboxylic acids is 2. The van der Waals surface area contributed by atoms with Gasteiger partial charge in [-0.25, -0.2) is 9.78 Å². The lowest BCUT2D eigenvalue weighted by Gasteiger charge is -2.15. The Morgan fingerprint density at radius 1 is 1.20 bits per heavy atom. The number of methoxy groups -OCH3 is 1.